The smallest absolute Gasteiger partial charge is 0.305 e. The van der Waals surface area contributed by atoms with Gasteiger partial charge in [-0.1, -0.05) is 72.6 Å². The maximum atomic E-state index is 13.3. The van der Waals surface area contributed by atoms with Crippen LogP contribution in [-0.4, -0.2) is 18.9 Å². The highest BCUT2D eigenvalue weighted by Gasteiger charge is 2.61. The van der Waals surface area contributed by atoms with Crippen LogP contribution >= 0.6 is 11.6 Å². The van der Waals surface area contributed by atoms with Crippen LogP contribution in [-0.2, 0) is 14.3 Å². The molecular formula is C30H53ClO3. The van der Waals surface area contributed by atoms with Gasteiger partial charge in [0.25, 0.3) is 0 Å². The van der Waals surface area contributed by atoms with Crippen LogP contribution in [0.3, 0.4) is 0 Å². The van der Waals surface area contributed by atoms with E-state index in [1.54, 1.807) is 0 Å². The predicted octanol–water partition coefficient (Wildman–Crippen LogP) is 8.98. The first-order valence-corrected chi connectivity index (χ1v) is 14.6. The van der Waals surface area contributed by atoms with E-state index in [0.29, 0.717) is 52.6 Å². The van der Waals surface area contributed by atoms with E-state index in [4.69, 9.17) is 16.3 Å². The topological polar surface area (TPSA) is 43.4 Å². The molecule has 4 saturated carbocycles. The summed E-state index contributed by atoms with van der Waals surface area (Å²) in [5, 5.41) is 0. The lowest BCUT2D eigenvalue weighted by atomic mass is 9.44. The van der Waals surface area contributed by atoms with Crippen molar-refractivity contribution in [3.05, 3.63) is 12.1 Å². The quantitative estimate of drug-likeness (QED) is 0.364. The maximum Gasteiger partial charge on any atom is 0.305 e. The van der Waals surface area contributed by atoms with Crippen molar-refractivity contribution in [3.63, 3.8) is 0 Å². The van der Waals surface area contributed by atoms with Crippen molar-refractivity contribution in [1.82, 2.24) is 0 Å². The second kappa shape index (κ2) is 14.7. The van der Waals surface area contributed by atoms with E-state index < -0.39 is 0 Å². The van der Waals surface area contributed by atoms with Gasteiger partial charge >= 0.3 is 5.97 Å². The molecule has 4 aliphatic carbocycles. The fraction of sp³-hybridized carbons (Fsp3) is 0.867. The van der Waals surface area contributed by atoms with Crippen molar-refractivity contribution in [1.29, 1.82) is 0 Å². The molecule has 0 N–H and O–H groups in total. The summed E-state index contributed by atoms with van der Waals surface area (Å²) in [6.07, 6.45) is 13.8. The molecule has 0 aliphatic heterocycles. The van der Waals surface area contributed by atoms with E-state index in [9.17, 15) is 9.59 Å². The highest BCUT2D eigenvalue weighted by Crippen LogP contribution is 2.67. The number of fused-ring (bicyclic) bond motifs is 5. The lowest BCUT2D eigenvalue weighted by molar-refractivity contribution is -0.155. The molecule has 0 radical (unpaired) electrons. The third-order valence-electron chi connectivity index (χ3n) is 9.75. The Labute approximate surface area is 215 Å². The summed E-state index contributed by atoms with van der Waals surface area (Å²) in [6, 6.07) is 0. The van der Waals surface area contributed by atoms with Crippen LogP contribution < -0.4 is 0 Å². The Hall–Kier alpha value is -0.830. The zero-order valence-electron chi connectivity index (χ0n) is 23.3. The number of methoxy groups -OCH3 is 1. The number of ether oxygens (including phenoxy) is 1. The Morgan fingerprint density at radius 2 is 1.65 bits per heavy atom. The molecular weight excluding hydrogens is 444 g/mol. The van der Waals surface area contributed by atoms with Crippen LogP contribution in [0.25, 0.3) is 0 Å². The Morgan fingerprint density at radius 3 is 2.26 bits per heavy atom. The first-order valence-electron chi connectivity index (χ1n) is 14.1. The van der Waals surface area contributed by atoms with Crippen LogP contribution in [0, 0.1) is 40.4 Å². The molecule has 0 aromatic heterocycles. The molecule has 34 heavy (non-hydrogen) atoms. The number of Topliss-reactive ketones (excluding diaryl/α,β-unsaturated/α-hetero) is 1. The second-order valence-corrected chi connectivity index (χ2v) is 11.1. The Morgan fingerprint density at radius 1 is 1.03 bits per heavy atom. The van der Waals surface area contributed by atoms with Crippen molar-refractivity contribution in [3.8, 4) is 0 Å². The molecule has 4 heteroatoms. The van der Waals surface area contributed by atoms with Gasteiger partial charge < -0.3 is 4.74 Å². The molecule has 3 nitrogen and oxygen atoms in total. The van der Waals surface area contributed by atoms with Crippen LogP contribution in [0.15, 0.2) is 12.1 Å². The normalized spacial score (nSPS) is 37.5. The van der Waals surface area contributed by atoms with E-state index in [1.165, 1.54) is 64.0 Å². The fourth-order valence-electron chi connectivity index (χ4n) is 8.14. The molecule has 4 rings (SSSR count). The third-order valence-corrected chi connectivity index (χ3v) is 9.75. The maximum absolute atomic E-state index is 13.3. The number of halogens is 1. The number of carbonyl (C=O) groups excluding carboxylic acids is 2. The summed E-state index contributed by atoms with van der Waals surface area (Å²) in [5.74, 6) is 3.41. The van der Waals surface area contributed by atoms with Crippen molar-refractivity contribution < 1.29 is 14.3 Å². The number of hydrogen-bond donors (Lipinski definition) is 0. The van der Waals surface area contributed by atoms with E-state index in [0.717, 1.165) is 19.3 Å². The average Bonchev–Trinajstić information content (AvgIpc) is 3.18. The summed E-state index contributed by atoms with van der Waals surface area (Å²) in [7, 11) is 1.48. The van der Waals surface area contributed by atoms with Gasteiger partial charge in [0, 0.05) is 18.8 Å². The Bertz CT molecular complexity index is 647. The lowest BCUT2D eigenvalue weighted by Gasteiger charge is -2.59. The Balaban J connectivity index is 0.000000750. The van der Waals surface area contributed by atoms with Gasteiger partial charge in [-0.2, -0.15) is 0 Å². The van der Waals surface area contributed by atoms with Crippen molar-refractivity contribution >= 4 is 23.4 Å². The number of carbonyl (C=O) groups is 2. The largest absolute Gasteiger partial charge is 0.469 e. The van der Waals surface area contributed by atoms with Gasteiger partial charge in [0.1, 0.15) is 5.78 Å². The van der Waals surface area contributed by atoms with Crippen LogP contribution in [0.1, 0.15) is 119 Å². The number of hydrogen-bond acceptors (Lipinski definition) is 3. The monoisotopic (exact) mass is 496 g/mol. The van der Waals surface area contributed by atoms with Gasteiger partial charge in [-0.05, 0) is 91.4 Å². The fourth-order valence-corrected chi connectivity index (χ4v) is 8.14. The SMILES string of the molecule is C=CCl.CC.CC.COC(=O)CCCC1CCC2C3C(=O)CC4CCCCC4(C)C3CCC12C. The van der Waals surface area contributed by atoms with Crippen LogP contribution in [0.2, 0.25) is 0 Å². The minimum absolute atomic E-state index is 0.0860. The van der Waals surface area contributed by atoms with Gasteiger partial charge in [0.15, 0.2) is 0 Å². The molecule has 0 amide bonds. The average molecular weight is 497 g/mol. The summed E-state index contributed by atoms with van der Waals surface area (Å²) < 4.78 is 4.81. The second-order valence-electron chi connectivity index (χ2n) is 10.8. The van der Waals surface area contributed by atoms with Crippen molar-refractivity contribution in [2.45, 2.75) is 119 Å². The van der Waals surface area contributed by atoms with Crippen LogP contribution in [0.5, 0.6) is 0 Å². The lowest BCUT2D eigenvalue weighted by Crippen LogP contribution is -2.56. The molecule has 0 spiro atoms. The predicted molar refractivity (Wildman–Crippen MR) is 145 cm³/mol. The van der Waals surface area contributed by atoms with Crippen molar-refractivity contribution in [2.24, 2.45) is 40.4 Å². The highest BCUT2D eigenvalue weighted by molar-refractivity contribution is 6.25. The zero-order valence-corrected chi connectivity index (χ0v) is 24.0. The molecule has 198 valence electrons. The third kappa shape index (κ3) is 6.48. The van der Waals surface area contributed by atoms with Crippen LogP contribution in [0.4, 0.5) is 0 Å². The van der Waals surface area contributed by atoms with Gasteiger partial charge in [0.05, 0.1) is 7.11 Å². The summed E-state index contributed by atoms with van der Waals surface area (Å²) >= 11 is 4.76. The zero-order chi connectivity index (χ0) is 25.9. The minimum Gasteiger partial charge on any atom is -0.469 e. The molecule has 0 heterocycles. The summed E-state index contributed by atoms with van der Waals surface area (Å²) in [6.45, 7) is 16.1. The van der Waals surface area contributed by atoms with E-state index in [-0.39, 0.29) is 5.97 Å². The number of esters is 1. The number of rotatable bonds is 4. The molecule has 0 saturated heterocycles. The standard InChI is InChI=1S/C24H38O3.C2H3Cl.2C2H6/c1-23-13-5-4-7-17(23)15-20(25)22-18-11-10-16(8-6-9-21(26)27-3)24(18,2)14-12-19(22)23;1-2-3;2*1-2/h16-19,22H,4-15H2,1-3H3;2H,1H2;2*1-2H3. The molecule has 0 bridgehead atoms. The van der Waals surface area contributed by atoms with Crippen molar-refractivity contribution in [2.75, 3.05) is 7.11 Å². The first kappa shape index (κ1) is 31.2. The van der Waals surface area contributed by atoms with E-state index in [2.05, 4.69) is 20.4 Å². The molecule has 7 unspecified atom stereocenters. The van der Waals surface area contributed by atoms with Gasteiger partial charge in [-0.25, -0.2) is 0 Å². The minimum atomic E-state index is -0.0860. The van der Waals surface area contributed by atoms with Gasteiger partial charge in [-0.3, -0.25) is 9.59 Å². The summed E-state index contributed by atoms with van der Waals surface area (Å²) in [4.78, 5) is 24.8. The number of ketones is 1. The molecule has 0 aromatic rings. The van der Waals surface area contributed by atoms with E-state index >= 15 is 0 Å². The van der Waals surface area contributed by atoms with E-state index in [1.807, 2.05) is 27.7 Å². The summed E-state index contributed by atoms with van der Waals surface area (Å²) in [5.41, 5.74) is 1.95. The molecule has 4 aliphatic rings. The first-order chi connectivity index (χ1) is 16.3. The van der Waals surface area contributed by atoms with Gasteiger partial charge in [0.2, 0.25) is 0 Å². The molecule has 0 aromatic carbocycles. The Kier molecular flexibility index (Phi) is 13.5. The molecule has 7 atom stereocenters. The van der Waals surface area contributed by atoms with Gasteiger partial charge in [-0.15, -0.1) is 0 Å². The highest BCUT2D eigenvalue weighted by atomic mass is 35.5. The molecule has 4 fully saturated rings.